The summed E-state index contributed by atoms with van der Waals surface area (Å²) in [6, 6.07) is 16.3. The Bertz CT molecular complexity index is 1190. The fourth-order valence-electron chi connectivity index (χ4n) is 3.46. The number of thiophene rings is 1. The van der Waals surface area contributed by atoms with E-state index < -0.39 is 10.0 Å². The molecule has 3 aromatic rings. The van der Waals surface area contributed by atoms with Gasteiger partial charge in [0.15, 0.2) is 0 Å². The number of nitrogens with zero attached hydrogens (tertiary/aromatic N) is 1. The normalized spacial score (nSPS) is 13.5. The highest BCUT2D eigenvalue weighted by Crippen LogP contribution is 2.30. The Kier molecular flexibility index (Phi) is 7.94. The minimum absolute atomic E-state index is 0.0479. The van der Waals surface area contributed by atoms with Gasteiger partial charge < -0.3 is 10.1 Å². The molecule has 0 fully saturated rings. The van der Waals surface area contributed by atoms with Crippen LogP contribution in [0, 0.1) is 0 Å². The third kappa shape index (κ3) is 5.46. The van der Waals surface area contributed by atoms with Crippen LogP contribution in [-0.2, 0) is 10.0 Å². The van der Waals surface area contributed by atoms with Gasteiger partial charge in [-0.25, -0.2) is 12.7 Å². The summed E-state index contributed by atoms with van der Waals surface area (Å²) in [6.45, 7) is 4.35. The first-order chi connectivity index (χ1) is 15.7. The van der Waals surface area contributed by atoms with Gasteiger partial charge in [0.1, 0.15) is 10.6 Å². The molecule has 0 radical (unpaired) electrons. The first-order valence-corrected chi connectivity index (χ1v) is 13.1. The van der Waals surface area contributed by atoms with E-state index in [0.29, 0.717) is 5.92 Å². The monoisotopic (exact) mass is 486 g/mol. The summed E-state index contributed by atoms with van der Waals surface area (Å²) in [5.41, 5.74) is 2.47. The van der Waals surface area contributed by atoms with E-state index in [9.17, 15) is 13.2 Å². The van der Waals surface area contributed by atoms with Crippen LogP contribution in [0.15, 0.2) is 64.9 Å². The predicted octanol–water partition coefficient (Wildman–Crippen LogP) is 5.04. The lowest BCUT2D eigenvalue weighted by Gasteiger charge is -2.20. The number of rotatable bonds is 9. The Morgan fingerprint density at radius 1 is 1.09 bits per heavy atom. The van der Waals surface area contributed by atoms with Crippen molar-refractivity contribution in [3.8, 4) is 5.75 Å². The highest BCUT2D eigenvalue weighted by atomic mass is 32.2. The van der Waals surface area contributed by atoms with E-state index in [2.05, 4.69) is 31.3 Å². The third-order valence-electron chi connectivity index (χ3n) is 5.74. The quantitative estimate of drug-likeness (QED) is 0.460. The van der Waals surface area contributed by atoms with Crippen molar-refractivity contribution < 1.29 is 17.9 Å². The Balaban J connectivity index is 1.96. The zero-order valence-electron chi connectivity index (χ0n) is 19.5. The Morgan fingerprint density at radius 3 is 2.30 bits per heavy atom. The van der Waals surface area contributed by atoms with Crippen LogP contribution in [0.1, 0.15) is 58.6 Å². The van der Waals surface area contributed by atoms with Crippen LogP contribution in [0.2, 0.25) is 0 Å². The Morgan fingerprint density at radius 2 is 1.76 bits per heavy atom. The topological polar surface area (TPSA) is 75.7 Å². The summed E-state index contributed by atoms with van der Waals surface area (Å²) in [7, 11) is 0.502. The van der Waals surface area contributed by atoms with E-state index in [-0.39, 0.29) is 28.2 Å². The number of nitrogens with one attached hydrogen (secondary N) is 1. The summed E-state index contributed by atoms with van der Waals surface area (Å²) >= 11 is 1.56. The first kappa shape index (κ1) is 25.0. The van der Waals surface area contributed by atoms with Crippen LogP contribution in [0.25, 0.3) is 0 Å². The lowest BCUT2D eigenvalue weighted by Crippen LogP contribution is -2.29. The van der Waals surface area contributed by atoms with Gasteiger partial charge in [0.25, 0.3) is 5.91 Å². The van der Waals surface area contributed by atoms with Crippen molar-refractivity contribution in [3.05, 3.63) is 81.5 Å². The van der Waals surface area contributed by atoms with Gasteiger partial charge in [0.05, 0.1) is 13.2 Å². The van der Waals surface area contributed by atoms with Crippen LogP contribution in [0.4, 0.5) is 0 Å². The lowest BCUT2D eigenvalue weighted by atomic mass is 9.95. The molecule has 0 spiro atoms. The second-order valence-corrected chi connectivity index (χ2v) is 11.2. The van der Waals surface area contributed by atoms with Gasteiger partial charge in [-0.2, -0.15) is 0 Å². The van der Waals surface area contributed by atoms with Gasteiger partial charge in [-0.15, -0.1) is 11.3 Å². The molecule has 1 amide bonds. The van der Waals surface area contributed by atoms with Crippen molar-refractivity contribution in [2.45, 2.75) is 37.1 Å². The van der Waals surface area contributed by atoms with Gasteiger partial charge >= 0.3 is 0 Å². The van der Waals surface area contributed by atoms with Crippen LogP contribution in [-0.4, -0.2) is 39.8 Å². The van der Waals surface area contributed by atoms with E-state index in [4.69, 9.17) is 4.74 Å². The number of ether oxygens (including phenoxy) is 1. The Hall–Kier alpha value is -2.68. The van der Waals surface area contributed by atoms with E-state index in [1.54, 1.807) is 17.4 Å². The van der Waals surface area contributed by atoms with Crippen molar-refractivity contribution in [2.24, 2.45) is 0 Å². The van der Waals surface area contributed by atoms with Crippen molar-refractivity contribution >= 4 is 27.3 Å². The van der Waals surface area contributed by atoms with E-state index in [0.717, 1.165) is 21.2 Å². The van der Waals surface area contributed by atoms with Gasteiger partial charge in [-0.1, -0.05) is 44.2 Å². The summed E-state index contributed by atoms with van der Waals surface area (Å²) in [5, 5.41) is 5.05. The molecule has 2 atom stereocenters. The maximum atomic E-state index is 13.2. The smallest absolute Gasteiger partial charge is 0.252 e. The van der Waals surface area contributed by atoms with Gasteiger partial charge in [-0.05, 0) is 53.1 Å². The summed E-state index contributed by atoms with van der Waals surface area (Å²) < 4.78 is 31.8. The van der Waals surface area contributed by atoms with Crippen molar-refractivity contribution in [1.29, 1.82) is 0 Å². The summed E-state index contributed by atoms with van der Waals surface area (Å²) in [4.78, 5) is 14.2. The first-order valence-electron chi connectivity index (χ1n) is 10.7. The fourth-order valence-corrected chi connectivity index (χ4v) is 5.34. The number of sulfonamides is 1. The zero-order valence-corrected chi connectivity index (χ0v) is 21.2. The van der Waals surface area contributed by atoms with E-state index >= 15 is 0 Å². The molecule has 176 valence electrons. The molecule has 1 aromatic heterocycles. The summed E-state index contributed by atoms with van der Waals surface area (Å²) in [6.07, 6.45) is 1.06. The number of methoxy groups -OCH3 is 1. The van der Waals surface area contributed by atoms with E-state index in [1.165, 1.54) is 38.9 Å². The van der Waals surface area contributed by atoms with Crippen LogP contribution < -0.4 is 10.1 Å². The average Bonchev–Trinajstić information content (AvgIpc) is 3.36. The van der Waals surface area contributed by atoms with Gasteiger partial charge in [-0.3, -0.25) is 4.79 Å². The molecule has 33 heavy (non-hydrogen) atoms. The molecule has 2 unspecified atom stereocenters. The molecule has 0 aliphatic rings. The maximum absolute atomic E-state index is 13.2. The molecule has 0 saturated heterocycles. The third-order valence-corrected chi connectivity index (χ3v) is 8.51. The van der Waals surface area contributed by atoms with Crippen LogP contribution in [0.3, 0.4) is 0 Å². The van der Waals surface area contributed by atoms with E-state index in [1.807, 2.05) is 29.6 Å². The molecule has 1 N–H and O–H groups in total. The number of hydrogen-bond acceptors (Lipinski definition) is 5. The lowest BCUT2D eigenvalue weighted by molar-refractivity contribution is 0.0943. The van der Waals surface area contributed by atoms with Gasteiger partial charge in [0.2, 0.25) is 10.0 Å². The standard InChI is InChI=1S/C25H30N2O4S2/c1-6-17(2)18-9-11-19(12-10-18)24(22-8-7-15-32-22)26-25(28)20-13-14-21(31-5)23(16-20)33(29,30)27(3)4/h7-17,24H,6H2,1-5H3,(H,26,28). The minimum atomic E-state index is -3.78. The number of benzene rings is 2. The molecule has 3 rings (SSSR count). The SMILES string of the molecule is CCC(C)c1ccc(C(NC(=O)c2ccc(OC)c(S(=O)(=O)N(C)C)c2)c2cccs2)cc1. The molecule has 0 aliphatic heterocycles. The molecular formula is C25H30N2O4S2. The van der Waals surface area contributed by atoms with Crippen LogP contribution in [0.5, 0.6) is 5.75 Å². The van der Waals surface area contributed by atoms with Crippen molar-refractivity contribution in [2.75, 3.05) is 21.2 Å². The molecule has 8 heteroatoms. The zero-order chi connectivity index (χ0) is 24.2. The second kappa shape index (κ2) is 10.5. The highest BCUT2D eigenvalue weighted by Gasteiger charge is 2.25. The van der Waals surface area contributed by atoms with Crippen molar-refractivity contribution in [1.82, 2.24) is 9.62 Å². The molecule has 0 aliphatic carbocycles. The molecule has 0 saturated carbocycles. The average molecular weight is 487 g/mol. The number of amides is 1. The largest absolute Gasteiger partial charge is 0.495 e. The summed E-state index contributed by atoms with van der Waals surface area (Å²) in [5.74, 6) is 0.290. The Labute approximate surface area is 200 Å². The fraction of sp³-hybridized carbons (Fsp3) is 0.320. The number of carbonyl (C=O) groups is 1. The molecular weight excluding hydrogens is 456 g/mol. The molecule has 1 heterocycles. The van der Waals surface area contributed by atoms with Crippen molar-refractivity contribution in [3.63, 3.8) is 0 Å². The molecule has 0 bridgehead atoms. The molecule has 6 nitrogen and oxygen atoms in total. The predicted molar refractivity (Wildman–Crippen MR) is 133 cm³/mol. The van der Waals surface area contributed by atoms with Crippen LogP contribution >= 0.6 is 11.3 Å². The molecule has 2 aromatic carbocycles. The minimum Gasteiger partial charge on any atom is -0.495 e. The maximum Gasteiger partial charge on any atom is 0.252 e. The second-order valence-electron chi connectivity index (χ2n) is 8.05. The number of hydrogen-bond donors (Lipinski definition) is 1. The van der Waals surface area contributed by atoms with Gasteiger partial charge in [0, 0.05) is 24.5 Å². The highest BCUT2D eigenvalue weighted by molar-refractivity contribution is 7.89. The number of carbonyl (C=O) groups excluding carboxylic acids is 1.